The molecular formula is C18H24BrO3P. The molecule has 0 aromatic heterocycles. The number of hydrogen-bond acceptors (Lipinski definition) is 3. The van der Waals surface area contributed by atoms with E-state index < -0.39 is 7.60 Å². The van der Waals surface area contributed by atoms with Crippen molar-refractivity contribution in [2.24, 2.45) is 5.92 Å². The first-order valence-corrected chi connectivity index (χ1v) is 10.0. The summed E-state index contributed by atoms with van der Waals surface area (Å²) in [5.74, 6) is 6.08. The van der Waals surface area contributed by atoms with Gasteiger partial charge in [0.25, 0.3) is 0 Å². The van der Waals surface area contributed by atoms with Gasteiger partial charge in [0.2, 0.25) is 0 Å². The van der Waals surface area contributed by atoms with Crippen LogP contribution in [0.3, 0.4) is 0 Å². The Hall–Kier alpha value is -0.850. The van der Waals surface area contributed by atoms with Crippen LogP contribution in [0.2, 0.25) is 0 Å². The molecule has 3 nitrogen and oxygen atoms in total. The Kier molecular flexibility index (Phi) is 8.29. The van der Waals surface area contributed by atoms with E-state index in [1.807, 2.05) is 58.9 Å². The van der Waals surface area contributed by atoms with E-state index in [2.05, 4.69) is 27.8 Å². The Bertz CT molecular complexity index is 656. The van der Waals surface area contributed by atoms with Crippen molar-refractivity contribution < 1.29 is 13.6 Å². The largest absolute Gasteiger partial charge is 0.358 e. The fourth-order valence-corrected chi connectivity index (χ4v) is 4.80. The summed E-state index contributed by atoms with van der Waals surface area (Å²) in [6.07, 6.45) is 0. The molecule has 0 saturated heterocycles. The summed E-state index contributed by atoms with van der Waals surface area (Å²) in [5.41, 5.74) is 1.83. The average Bonchev–Trinajstić information content (AvgIpc) is 2.45. The molecule has 0 N–H and O–H groups in total. The van der Waals surface area contributed by atoms with E-state index in [0.29, 0.717) is 18.5 Å². The van der Waals surface area contributed by atoms with Crippen molar-refractivity contribution in [3.05, 3.63) is 45.2 Å². The van der Waals surface area contributed by atoms with Gasteiger partial charge < -0.3 is 9.05 Å². The lowest BCUT2D eigenvalue weighted by Gasteiger charge is -2.23. The lowest BCUT2D eigenvalue weighted by Crippen LogP contribution is -2.06. The highest BCUT2D eigenvalue weighted by atomic mass is 79.9. The van der Waals surface area contributed by atoms with Crippen molar-refractivity contribution in [2.75, 3.05) is 13.2 Å². The first-order chi connectivity index (χ1) is 10.8. The number of halogens is 1. The van der Waals surface area contributed by atoms with E-state index >= 15 is 0 Å². The first-order valence-electron chi connectivity index (χ1n) is 7.68. The lowest BCUT2D eigenvalue weighted by molar-refractivity contribution is 0.224. The smallest absolute Gasteiger partial charge is 0.306 e. The third kappa shape index (κ3) is 5.94. The predicted octanol–water partition coefficient (Wildman–Crippen LogP) is 6.00. The van der Waals surface area contributed by atoms with Gasteiger partial charge in [-0.3, -0.25) is 4.57 Å². The van der Waals surface area contributed by atoms with Crippen LogP contribution in [-0.2, 0) is 13.6 Å². The average molecular weight is 399 g/mol. The van der Waals surface area contributed by atoms with Crippen molar-refractivity contribution in [3.63, 3.8) is 0 Å². The van der Waals surface area contributed by atoms with Crippen LogP contribution in [0.15, 0.2) is 39.6 Å². The first kappa shape index (κ1) is 20.2. The maximum Gasteiger partial charge on any atom is 0.358 e. The summed E-state index contributed by atoms with van der Waals surface area (Å²) in [6.45, 7) is 10.0. The van der Waals surface area contributed by atoms with Crippen LogP contribution in [0, 0.1) is 17.8 Å². The van der Waals surface area contributed by atoms with Crippen molar-refractivity contribution in [1.82, 2.24) is 0 Å². The molecule has 0 amide bonds. The zero-order valence-corrected chi connectivity index (χ0v) is 16.8. The molecule has 0 radical (unpaired) electrons. The lowest BCUT2D eigenvalue weighted by atomic mass is 10.1. The summed E-state index contributed by atoms with van der Waals surface area (Å²) in [4.78, 5) is 0. The highest BCUT2D eigenvalue weighted by Crippen LogP contribution is 2.59. The Morgan fingerprint density at radius 3 is 2.35 bits per heavy atom. The van der Waals surface area contributed by atoms with Crippen LogP contribution >= 0.6 is 23.5 Å². The molecule has 0 aliphatic heterocycles. The van der Waals surface area contributed by atoms with Crippen molar-refractivity contribution in [1.29, 1.82) is 0 Å². The number of benzene rings is 1. The number of rotatable bonds is 6. The zero-order chi connectivity index (χ0) is 17.5. The van der Waals surface area contributed by atoms with E-state index in [0.717, 1.165) is 15.6 Å². The van der Waals surface area contributed by atoms with Crippen LogP contribution in [0.1, 0.15) is 40.2 Å². The Balaban J connectivity index is 3.17. The van der Waals surface area contributed by atoms with Crippen molar-refractivity contribution >= 4 is 23.5 Å². The van der Waals surface area contributed by atoms with Gasteiger partial charge in [-0.15, -0.1) is 0 Å². The summed E-state index contributed by atoms with van der Waals surface area (Å²) < 4.78 is 25.0. The zero-order valence-electron chi connectivity index (χ0n) is 14.4. The Labute approximate surface area is 148 Å². The molecule has 1 atom stereocenters. The third-order valence-corrected chi connectivity index (χ3v) is 6.19. The maximum atomic E-state index is 13.1. The Morgan fingerprint density at radius 2 is 1.87 bits per heavy atom. The summed E-state index contributed by atoms with van der Waals surface area (Å²) in [7, 11) is -3.30. The van der Waals surface area contributed by atoms with Crippen LogP contribution < -0.4 is 0 Å². The molecule has 0 bridgehead atoms. The molecule has 1 aromatic rings. The Morgan fingerprint density at radius 1 is 1.26 bits per heavy atom. The number of hydrogen-bond donors (Lipinski definition) is 0. The summed E-state index contributed by atoms with van der Waals surface area (Å²) in [5, 5.41) is 0.656. The normalized spacial score (nSPS) is 12.3. The van der Waals surface area contributed by atoms with Gasteiger partial charge in [0.05, 0.1) is 24.4 Å². The van der Waals surface area contributed by atoms with Crippen LogP contribution in [0.25, 0.3) is 0 Å². The topological polar surface area (TPSA) is 35.5 Å². The molecule has 0 spiro atoms. The molecular weight excluding hydrogens is 375 g/mol. The molecule has 5 heteroatoms. The second-order valence-corrected chi connectivity index (χ2v) is 8.13. The fourth-order valence-electron chi connectivity index (χ4n) is 2.29. The highest BCUT2D eigenvalue weighted by Gasteiger charge is 2.33. The van der Waals surface area contributed by atoms with E-state index in [-0.39, 0.29) is 5.92 Å². The van der Waals surface area contributed by atoms with Crippen LogP contribution in [0.5, 0.6) is 0 Å². The second-order valence-electron chi connectivity index (χ2n) is 5.22. The minimum Gasteiger partial charge on any atom is -0.306 e. The molecule has 1 aromatic carbocycles. The third-order valence-electron chi connectivity index (χ3n) is 3.07. The molecule has 0 heterocycles. The highest BCUT2D eigenvalue weighted by molar-refractivity contribution is 9.10. The van der Waals surface area contributed by atoms with E-state index in [4.69, 9.17) is 9.05 Å². The standard InChI is InChI=1S/C18H24BrO3P/c1-6-21-23(20,22-7-2)18(14(3)4)15(5)11-12-16-9-8-10-17(19)13-16/h8-10,13,15H,6-7H2,1-5H3. The van der Waals surface area contributed by atoms with Crippen LogP contribution in [-0.4, -0.2) is 13.2 Å². The van der Waals surface area contributed by atoms with Gasteiger partial charge in [-0.2, -0.15) is 0 Å². The fraction of sp³-hybridized carbons (Fsp3) is 0.444. The van der Waals surface area contributed by atoms with Gasteiger partial charge in [0.15, 0.2) is 0 Å². The van der Waals surface area contributed by atoms with Gasteiger partial charge in [-0.1, -0.05) is 39.4 Å². The van der Waals surface area contributed by atoms with E-state index in [1.165, 1.54) is 0 Å². The quantitative estimate of drug-likeness (QED) is 0.435. The summed E-state index contributed by atoms with van der Waals surface area (Å²) in [6, 6.07) is 7.78. The monoisotopic (exact) mass is 398 g/mol. The second kappa shape index (κ2) is 9.45. The van der Waals surface area contributed by atoms with Gasteiger partial charge in [0, 0.05) is 10.0 Å². The molecule has 0 saturated carbocycles. The molecule has 126 valence electrons. The van der Waals surface area contributed by atoms with Gasteiger partial charge in [-0.05, 0) is 52.8 Å². The number of allylic oxidation sites excluding steroid dienone is 2. The van der Waals surface area contributed by atoms with Crippen LogP contribution in [0.4, 0.5) is 0 Å². The SMILES string of the molecule is CCOP(=O)(OCC)C(=C(C)C)C(C)C#Cc1cccc(Br)c1. The maximum absolute atomic E-state index is 13.1. The van der Waals surface area contributed by atoms with Gasteiger partial charge >= 0.3 is 7.60 Å². The van der Waals surface area contributed by atoms with E-state index in [9.17, 15) is 4.57 Å². The van der Waals surface area contributed by atoms with Crippen molar-refractivity contribution in [3.8, 4) is 11.8 Å². The molecule has 0 aliphatic rings. The molecule has 0 aliphatic carbocycles. The van der Waals surface area contributed by atoms with Gasteiger partial charge in [0.1, 0.15) is 0 Å². The minimum absolute atomic E-state index is 0.220. The van der Waals surface area contributed by atoms with Crippen molar-refractivity contribution in [2.45, 2.75) is 34.6 Å². The molecule has 23 heavy (non-hydrogen) atoms. The van der Waals surface area contributed by atoms with E-state index in [1.54, 1.807) is 0 Å². The predicted molar refractivity (Wildman–Crippen MR) is 99.4 cm³/mol. The summed E-state index contributed by atoms with van der Waals surface area (Å²) >= 11 is 3.43. The molecule has 0 fully saturated rings. The molecule has 1 unspecified atom stereocenters. The molecule has 1 rings (SSSR count). The van der Waals surface area contributed by atoms with Gasteiger partial charge in [-0.25, -0.2) is 0 Å². The minimum atomic E-state index is -3.30.